The number of esters is 1. The molecule has 9 heteroatoms. The summed E-state index contributed by atoms with van der Waals surface area (Å²) in [5.41, 5.74) is -3.14. The van der Waals surface area contributed by atoms with E-state index in [-0.39, 0.29) is 31.8 Å². The summed E-state index contributed by atoms with van der Waals surface area (Å²) in [6.07, 6.45) is 0. The second-order valence-corrected chi connectivity index (χ2v) is 10.6. The molecule has 2 atom stereocenters. The molecular formula is C24H21Cl2NO5S. The Labute approximate surface area is 202 Å². The lowest BCUT2D eigenvalue weighted by Gasteiger charge is -2.42. The Morgan fingerprint density at radius 1 is 1.00 bits per heavy atom. The number of carbonyl (C=O) groups excluding carboxylic acids is 1. The van der Waals surface area contributed by atoms with Crippen LogP contribution in [0.15, 0.2) is 71.6 Å². The maximum atomic E-state index is 14.0. The van der Waals surface area contributed by atoms with Gasteiger partial charge in [-0.25, -0.2) is 17.5 Å². The lowest BCUT2D eigenvalue weighted by Crippen LogP contribution is -2.63. The topological polar surface area (TPSA) is 83.9 Å². The highest BCUT2D eigenvalue weighted by Crippen LogP contribution is 2.57. The Morgan fingerprint density at radius 2 is 1.64 bits per heavy atom. The third kappa shape index (κ3) is 3.26. The van der Waals surface area contributed by atoms with Crippen molar-refractivity contribution < 1.29 is 23.1 Å². The number of benzene rings is 3. The van der Waals surface area contributed by atoms with Gasteiger partial charge in [-0.05, 0) is 50.2 Å². The van der Waals surface area contributed by atoms with Crippen LogP contribution in [0.5, 0.6) is 0 Å². The van der Waals surface area contributed by atoms with E-state index in [0.29, 0.717) is 0 Å². The van der Waals surface area contributed by atoms with E-state index in [1.54, 1.807) is 30.3 Å². The van der Waals surface area contributed by atoms with Crippen molar-refractivity contribution in [1.29, 1.82) is 0 Å². The van der Waals surface area contributed by atoms with Crippen LogP contribution in [0.4, 0.5) is 5.69 Å². The summed E-state index contributed by atoms with van der Waals surface area (Å²) in [6.45, 7) is 3.15. The Bertz CT molecular complexity index is 1360. The molecule has 0 amide bonds. The van der Waals surface area contributed by atoms with E-state index in [2.05, 4.69) is 0 Å². The van der Waals surface area contributed by atoms with Crippen molar-refractivity contribution in [3.8, 4) is 0 Å². The van der Waals surface area contributed by atoms with E-state index < -0.39 is 27.1 Å². The van der Waals surface area contributed by atoms with Crippen molar-refractivity contribution >= 4 is 44.9 Å². The summed E-state index contributed by atoms with van der Waals surface area (Å²) in [7, 11) is -3.22. The van der Waals surface area contributed by atoms with Crippen LogP contribution in [0.3, 0.4) is 0 Å². The van der Waals surface area contributed by atoms with Gasteiger partial charge in [0.1, 0.15) is 0 Å². The molecule has 0 aromatic heterocycles. The number of aryl methyl sites for hydroxylation is 1. The maximum absolute atomic E-state index is 14.0. The van der Waals surface area contributed by atoms with Crippen LogP contribution in [0, 0.1) is 6.92 Å². The Hall–Kier alpha value is -2.58. The molecule has 3 aromatic rings. The van der Waals surface area contributed by atoms with Gasteiger partial charge in [0, 0.05) is 21.2 Å². The summed E-state index contributed by atoms with van der Waals surface area (Å²) in [4.78, 5) is 13.3. The monoisotopic (exact) mass is 505 g/mol. The van der Waals surface area contributed by atoms with Crippen molar-refractivity contribution in [2.75, 3.05) is 11.4 Å². The highest BCUT2D eigenvalue weighted by molar-refractivity contribution is 7.93. The van der Waals surface area contributed by atoms with E-state index in [1.807, 2.05) is 6.92 Å². The van der Waals surface area contributed by atoms with E-state index in [4.69, 9.17) is 27.9 Å². The molecule has 1 aliphatic heterocycles. The van der Waals surface area contributed by atoms with Crippen molar-refractivity contribution in [3.05, 3.63) is 93.5 Å². The number of nitrogens with zero attached hydrogens (tertiary/aromatic N) is 1. The van der Waals surface area contributed by atoms with E-state index in [0.717, 1.165) is 17.0 Å². The second-order valence-electron chi connectivity index (χ2n) is 8.00. The number of anilines is 1. The number of methoxy groups -OCH3 is 1. The quantitative estimate of drug-likeness (QED) is 0.520. The lowest BCUT2D eigenvalue weighted by molar-refractivity contribution is -0.154. The average Bonchev–Trinajstić information content (AvgIpc) is 2.99. The Kier molecular flexibility index (Phi) is 5.73. The molecule has 172 valence electrons. The van der Waals surface area contributed by atoms with Gasteiger partial charge >= 0.3 is 5.97 Å². The third-order valence-corrected chi connectivity index (χ3v) is 8.56. The predicted octanol–water partition coefficient (Wildman–Crippen LogP) is 4.68. The van der Waals surface area contributed by atoms with Crippen LogP contribution in [-0.4, -0.2) is 32.1 Å². The van der Waals surface area contributed by atoms with Crippen LogP contribution in [-0.2, 0) is 25.2 Å². The number of rotatable bonds is 4. The highest BCUT2D eigenvalue weighted by Gasteiger charge is 2.68. The first-order valence-corrected chi connectivity index (χ1v) is 12.2. The fraction of sp³-hybridized carbons (Fsp3) is 0.208. The SMILES string of the molecule is COC(=O)C1(C)N(S(=O)(=O)c2ccc(C)cc2)c2ccc(Cl)cc2C1(O)c1ccccc1Cl. The summed E-state index contributed by atoms with van der Waals surface area (Å²) < 4.78 is 33.9. The minimum atomic E-state index is -4.35. The third-order valence-electron chi connectivity index (χ3n) is 6.08. The van der Waals surface area contributed by atoms with Crippen LogP contribution >= 0.6 is 23.2 Å². The molecule has 0 radical (unpaired) electrons. The zero-order valence-corrected chi connectivity index (χ0v) is 20.4. The van der Waals surface area contributed by atoms with Crippen molar-refractivity contribution in [3.63, 3.8) is 0 Å². The van der Waals surface area contributed by atoms with Crippen molar-refractivity contribution in [2.24, 2.45) is 0 Å². The number of fused-ring (bicyclic) bond motifs is 1. The number of aliphatic hydroxyl groups is 1. The zero-order valence-electron chi connectivity index (χ0n) is 18.0. The fourth-order valence-electron chi connectivity index (χ4n) is 4.40. The molecule has 0 bridgehead atoms. The van der Waals surface area contributed by atoms with E-state index in [1.165, 1.54) is 43.3 Å². The molecule has 6 nitrogen and oxygen atoms in total. The van der Waals surface area contributed by atoms with Gasteiger partial charge in [-0.2, -0.15) is 0 Å². The minimum absolute atomic E-state index is 0.0486. The first kappa shape index (κ1) is 23.6. The molecule has 0 fully saturated rings. The van der Waals surface area contributed by atoms with Crippen LogP contribution in [0.2, 0.25) is 10.0 Å². The molecule has 1 N–H and O–H groups in total. The lowest BCUT2D eigenvalue weighted by atomic mass is 9.74. The minimum Gasteiger partial charge on any atom is -0.467 e. The average molecular weight is 506 g/mol. The van der Waals surface area contributed by atoms with Gasteiger partial charge in [0.25, 0.3) is 10.0 Å². The molecule has 0 saturated heterocycles. The van der Waals surface area contributed by atoms with Gasteiger partial charge in [-0.15, -0.1) is 0 Å². The van der Waals surface area contributed by atoms with Gasteiger partial charge in [0.05, 0.1) is 17.7 Å². The maximum Gasteiger partial charge on any atom is 0.336 e. The number of ether oxygens (including phenoxy) is 1. The summed E-state index contributed by atoms with van der Waals surface area (Å²) in [5, 5.41) is 12.7. The zero-order chi connectivity index (χ0) is 24.2. The number of halogens is 2. The van der Waals surface area contributed by atoms with Gasteiger partial charge in [0.2, 0.25) is 0 Å². The van der Waals surface area contributed by atoms with Crippen molar-refractivity contribution in [2.45, 2.75) is 29.9 Å². The van der Waals surface area contributed by atoms with E-state index >= 15 is 0 Å². The molecule has 0 aliphatic carbocycles. The summed E-state index contributed by atoms with van der Waals surface area (Å²) in [6, 6.07) is 17.0. The Balaban J connectivity index is 2.13. The number of carbonyl (C=O) groups is 1. The van der Waals surface area contributed by atoms with E-state index in [9.17, 15) is 18.3 Å². The second kappa shape index (κ2) is 8.02. The van der Waals surface area contributed by atoms with Crippen molar-refractivity contribution in [1.82, 2.24) is 0 Å². The summed E-state index contributed by atoms with van der Waals surface area (Å²) >= 11 is 12.7. The van der Waals surface area contributed by atoms with Crippen LogP contribution < -0.4 is 4.31 Å². The first-order valence-electron chi connectivity index (χ1n) is 9.97. The normalized spacial score (nSPS) is 22.2. The van der Waals surface area contributed by atoms with Crippen LogP contribution in [0.1, 0.15) is 23.6 Å². The first-order chi connectivity index (χ1) is 15.5. The molecule has 33 heavy (non-hydrogen) atoms. The van der Waals surface area contributed by atoms with Gasteiger partial charge < -0.3 is 9.84 Å². The summed E-state index contributed by atoms with van der Waals surface area (Å²) in [5.74, 6) is -0.965. The van der Waals surface area contributed by atoms with Gasteiger partial charge in [-0.1, -0.05) is 59.1 Å². The standard InChI is InChI=1S/C24H21Cl2NO5S/c1-15-8-11-17(12-9-15)33(30,31)27-21-13-10-16(25)14-19(21)24(29,23(27,2)22(28)32-3)18-6-4-5-7-20(18)26/h4-14,29H,1-3H3. The highest BCUT2D eigenvalue weighted by atomic mass is 35.5. The van der Waals surface area contributed by atoms with Crippen LogP contribution in [0.25, 0.3) is 0 Å². The molecule has 3 aromatic carbocycles. The van der Waals surface area contributed by atoms with Gasteiger partial charge in [-0.3, -0.25) is 0 Å². The molecule has 1 aliphatic rings. The largest absolute Gasteiger partial charge is 0.467 e. The Morgan fingerprint density at radius 3 is 2.24 bits per heavy atom. The number of hydrogen-bond donors (Lipinski definition) is 1. The molecular weight excluding hydrogens is 485 g/mol. The van der Waals surface area contributed by atoms with Gasteiger partial charge in [0.15, 0.2) is 11.1 Å². The fourth-order valence-corrected chi connectivity index (χ4v) is 6.64. The molecule has 0 spiro atoms. The predicted molar refractivity (Wildman–Crippen MR) is 127 cm³/mol. The number of hydrogen-bond acceptors (Lipinski definition) is 5. The molecule has 4 rings (SSSR count). The molecule has 1 heterocycles. The smallest absolute Gasteiger partial charge is 0.336 e. The number of sulfonamides is 1. The molecule has 0 saturated carbocycles. The molecule has 2 unspecified atom stereocenters.